The third-order valence-corrected chi connectivity index (χ3v) is 8.60. The van der Waals surface area contributed by atoms with Crippen LogP contribution in [0.25, 0.3) is 0 Å². The average Bonchev–Trinajstić information content (AvgIpc) is 2.95. The van der Waals surface area contributed by atoms with Crippen molar-refractivity contribution in [1.82, 2.24) is 9.97 Å². The van der Waals surface area contributed by atoms with Gasteiger partial charge in [-0.3, -0.25) is 0 Å². The Morgan fingerprint density at radius 1 is 0.714 bits per heavy atom. The molecule has 2 atom stereocenters. The van der Waals surface area contributed by atoms with Crippen LogP contribution in [0.4, 0.5) is 0 Å². The highest BCUT2D eigenvalue weighted by Gasteiger charge is 2.17. The molecule has 0 amide bonds. The number of hydrogen-bond donors (Lipinski definition) is 0. The third-order valence-electron chi connectivity index (χ3n) is 7.29. The molecule has 1 aromatic heterocycles. The first kappa shape index (κ1) is 41.4. The Morgan fingerprint density at radius 3 is 1.76 bits per heavy atom. The standard InChI is InChI=1S/C33H64N3O4S.ClH/c1-5-6-7-8-9-10-11-12-13-14-15-16-17-18-19-20-26-39-31-32(40-33-34-23-21-24-35-33)22-29-41(37)30-28-38-27-25-36(2,3)4;/h21,23-24,32H,5-20,22,25-31H2,1-4H3;1H/q+1;/p-1. The van der Waals surface area contributed by atoms with E-state index in [-0.39, 0.29) is 18.5 Å². The van der Waals surface area contributed by atoms with Gasteiger partial charge in [-0.2, -0.15) is 0 Å². The van der Waals surface area contributed by atoms with Crippen LogP contribution in [0, 0.1) is 0 Å². The van der Waals surface area contributed by atoms with Crippen molar-refractivity contribution >= 4 is 11.2 Å². The Bertz CT molecular complexity index is 685. The molecule has 0 aliphatic carbocycles. The van der Waals surface area contributed by atoms with Crippen molar-refractivity contribution in [2.75, 3.05) is 65.6 Å². The van der Waals surface area contributed by atoms with Crippen molar-refractivity contribution in [3.8, 4) is 6.01 Å². The fourth-order valence-electron chi connectivity index (χ4n) is 4.60. The van der Waals surface area contributed by atoms with Gasteiger partial charge < -0.3 is 35.7 Å². The van der Waals surface area contributed by atoms with Gasteiger partial charge in [0, 0.05) is 25.4 Å². The van der Waals surface area contributed by atoms with Gasteiger partial charge in [0.15, 0.2) is 0 Å². The molecule has 0 aromatic carbocycles. The largest absolute Gasteiger partial charge is 1.00 e. The molecular weight excluding hydrogens is 570 g/mol. The highest BCUT2D eigenvalue weighted by Crippen LogP contribution is 2.14. The zero-order valence-corrected chi connectivity index (χ0v) is 29.1. The summed E-state index contributed by atoms with van der Waals surface area (Å²) in [6.45, 7) is 5.63. The zero-order chi connectivity index (χ0) is 29.9. The minimum atomic E-state index is -0.950. The molecule has 1 rings (SSSR count). The first-order valence-corrected chi connectivity index (χ1v) is 18.1. The van der Waals surface area contributed by atoms with Gasteiger partial charge in [-0.1, -0.05) is 114 Å². The van der Waals surface area contributed by atoms with Gasteiger partial charge in [0.05, 0.1) is 41.0 Å². The molecule has 1 heterocycles. The third kappa shape index (κ3) is 28.1. The fourth-order valence-corrected chi connectivity index (χ4v) is 5.63. The van der Waals surface area contributed by atoms with Crippen LogP contribution in [0.5, 0.6) is 6.01 Å². The van der Waals surface area contributed by atoms with Crippen LogP contribution in [0.1, 0.15) is 116 Å². The van der Waals surface area contributed by atoms with Crippen LogP contribution in [-0.4, -0.2) is 90.7 Å². The molecule has 0 radical (unpaired) electrons. The molecule has 0 aliphatic rings. The number of unbranched alkanes of at least 4 members (excludes halogenated alkanes) is 15. The van der Waals surface area contributed by atoms with Crippen molar-refractivity contribution in [3.63, 3.8) is 0 Å². The van der Waals surface area contributed by atoms with Gasteiger partial charge in [0.25, 0.3) is 0 Å². The van der Waals surface area contributed by atoms with E-state index in [0.717, 1.165) is 24.1 Å². The molecule has 2 unspecified atom stereocenters. The van der Waals surface area contributed by atoms with E-state index in [1.165, 1.54) is 96.3 Å². The summed E-state index contributed by atoms with van der Waals surface area (Å²) in [6, 6.07) is 2.11. The van der Waals surface area contributed by atoms with E-state index in [0.29, 0.717) is 43.8 Å². The molecule has 0 fully saturated rings. The molecule has 42 heavy (non-hydrogen) atoms. The Morgan fingerprint density at radius 2 is 1.24 bits per heavy atom. The molecule has 0 bridgehead atoms. The number of quaternary nitrogens is 1. The predicted molar refractivity (Wildman–Crippen MR) is 173 cm³/mol. The second-order valence-electron chi connectivity index (χ2n) is 12.4. The molecular formula is C33H64ClN3O4S. The van der Waals surface area contributed by atoms with Crippen LogP contribution in [0.2, 0.25) is 0 Å². The Labute approximate surface area is 268 Å². The molecule has 248 valence electrons. The lowest BCUT2D eigenvalue weighted by Crippen LogP contribution is -3.00. The Kier molecular flexibility index (Phi) is 28.6. The number of likely N-dealkylation sites (N-methyl/N-ethyl adjacent to an activating group) is 1. The van der Waals surface area contributed by atoms with Gasteiger partial charge in [-0.15, -0.1) is 0 Å². The van der Waals surface area contributed by atoms with E-state index in [2.05, 4.69) is 38.0 Å². The van der Waals surface area contributed by atoms with Crippen LogP contribution in [-0.2, 0) is 20.6 Å². The summed E-state index contributed by atoms with van der Waals surface area (Å²) in [5.74, 6) is 1.10. The first-order valence-electron chi connectivity index (χ1n) is 16.7. The lowest BCUT2D eigenvalue weighted by Gasteiger charge is -2.23. The van der Waals surface area contributed by atoms with Crippen molar-refractivity contribution in [2.24, 2.45) is 0 Å². The zero-order valence-electron chi connectivity index (χ0n) is 27.5. The molecule has 0 aliphatic heterocycles. The molecule has 7 nitrogen and oxygen atoms in total. The smallest absolute Gasteiger partial charge is 0.316 e. The number of rotatable bonds is 30. The van der Waals surface area contributed by atoms with Crippen molar-refractivity contribution in [1.29, 1.82) is 0 Å². The maximum absolute atomic E-state index is 12.5. The molecule has 1 aromatic rings. The van der Waals surface area contributed by atoms with Crippen molar-refractivity contribution in [2.45, 2.75) is 122 Å². The average molecular weight is 634 g/mol. The number of hydrogen-bond acceptors (Lipinski definition) is 6. The Hall–Kier alpha value is -0.640. The van der Waals surface area contributed by atoms with E-state index < -0.39 is 11.2 Å². The number of nitrogens with zero attached hydrogens (tertiary/aromatic N) is 3. The molecule has 0 saturated heterocycles. The molecule has 0 saturated carbocycles. The summed E-state index contributed by atoms with van der Waals surface area (Å²) < 4.78 is 31.0. The van der Waals surface area contributed by atoms with Crippen LogP contribution < -0.4 is 17.1 Å². The summed E-state index contributed by atoms with van der Waals surface area (Å²) in [4.78, 5) is 8.36. The number of ether oxygens (including phenoxy) is 3. The van der Waals surface area contributed by atoms with Crippen LogP contribution >= 0.6 is 0 Å². The van der Waals surface area contributed by atoms with E-state index in [1.807, 2.05) is 0 Å². The maximum Gasteiger partial charge on any atom is 0.316 e. The highest BCUT2D eigenvalue weighted by atomic mass is 35.5. The van der Waals surface area contributed by atoms with E-state index in [1.54, 1.807) is 18.5 Å². The maximum atomic E-state index is 12.5. The lowest BCUT2D eigenvalue weighted by atomic mass is 10.0. The SMILES string of the molecule is CCCCCCCCCCCCCCCCCCOCC(CC[S+]([O-])CCOCC[N+](C)(C)C)Oc1ncccn1.[Cl-]. The molecule has 9 heteroatoms. The van der Waals surface area contributed by atoms with Gasteiger partial charge in [0.1, 0.15) is 24.2 Å². The van der Waals surface area contributed by atoms with Gasteiger partial charge >= 0.3 is 6.01 Å². The van der Waals surface area contributed by atoms with E-state index in [9.17, 15) is 4.55 Å². The minimum Gasteiger partial charge on any atom is -1.00 e. The summed E-state index contributed by atoms with van der Waals surface area (Å²) in [5.41, 5.74) is 0. The number of halogens is 1. The highest BCUT2D eigenvalue weighted by molar-refractivity contribution is 7.91. The van der Waals surface area contributed by atoms with E-state index in [4.69, 9.17) is 14.2 Å². The fraction of sp³-hybridized carbons (Fsp3) is 0.879. The molecule has 0 spiro atoms. The second kappa shape index (κ2) is 29.1. The quantitative estimate of drug-likeness (QED) is 0.0712. The summed E-state index contributed by atoms with van der Waals surface area (Å²) >= 11 is -0.950. The van der Waals surface area contributed by atoms with Crippen LogP contribution in [0.15, 0.2) is 18.5 Å². The summed E-state index contributed by atoms with van der Waals surface area (Å²) in [6.07, 6.45) is 25.6. The predicted octanol–water partition coefficient (Wildman–Crippen LogP) is 4.37. The second-order valence-corrected chi connectivity index (χ2v) is 14.1. The van der Waals surface area contributed by atoms with Crippen molar-refractivity contribution < 1.29 is 35.7 Å². The van der Waals surface area contributed by atoms with Crippen molar-refractivity contribution in [3.05, 3.63) is 18.5 Å². The Balaban J connectivity index is 0.0000168. The van der Waals surface area contributed by atoms with Gasteiger partial charge in [-0.05, 0) is 12.5 Å². The number of aromatic nitrogens is 2. The van der Waals surface area contributed by atoms with Gasteiger partial charge in [-0.25, -0.2) is 9.97 Å². The summed E-state index contributed by atoms with van der Waals surface area (Å²) in [7, 11) is 6.42. The van der Waals surface area contributed by atoms with E-state index >= 15 is 0 Å². The topological polar surface area (TPSA) is 76.5 Å². The van der Waals surface area contributed by atoms with Crippen LogP contribution in [0.3, 0.4) is 0 Å². The normalized spacial score (nSPS) is 13.1. The minimum absolute atomic E-state index is 0. The molecule has 0 N–H and O–H groups in total. The monoisotopic (exact) mass is 633 g/mol. The van der Waals surface area contributed by atoms with Gasteiger partial charge in [0.2, 0.25) is 0 Å². The first-order chi connectivity index (χ1) is 19.9. The summed E-state index contributed by atoms with van der Waals surface area (Å²) in [5, 5.41) is 0. The lowest BCUT2D eigenvalue weighted by molar-refractivity contribution is -0.870.